The smallest absolute Gasteiger partial charge is 0.267 e. The Morgan fingerprint density at radius 1 is 1.30 bits per heavy atom. The van der Waals surface area contributed by atoms with Crippen molar-refractivity contribution in [1.82, 2.24) is 5.73 Å². The van der Waals surface area contributed by atoms with E-state index in [2.05, 4.69) is 22.6 Å². The molecule has 51 valence electrons. The van der Waals surface area contributed by atoms with E-state index in [1.165, 1.54) is 0 Å². The lowest BCUT2D eigenvalue weighted by atomic mass is 10.2. The maximum absolute atomic E-state index is 10.4. The molecule has 2 nitrogen and oxygen atoms in total. The Balaban J connectivity index is 3.00. The molecule has 0 spiro atoms. The fraction of sp³-hybridized carbons (Fsp3) is 0. The summed E-state index contributed by atoms with van der Waals surface area (Å²) in [6.45, 7) is 0. The molecule has 0 aromatic heterocycles. The van der Waals surface area contributed by atoms with Gasteiger partial charge in [-0.2, -0.15) is 0 Å². The molecule has 0 aliphatic carbocycles. The molecular formula is C7H5INO. The molecule has 0 heterocycles. The molecule has 0 saturated carbocycles. The highest BCUT2D eigenvalue weighted by Gasteiger charge is 1.97. The molecule has 1 radical (unpaired) electrons. The van der Waals surface area contributed by atoms with Gasteiger partial charge in [0.1, 0.15) is 0 Å². The summed E-state index contributed by atoms with van der Waals surface area (Å²) in [6, 6.07) is 6.92. The number of halogens is 1. The van der Waals surface area contributed by atoms with E-state index in [1.807, 2.05) is 12.1 Å². The molecule has 3 heteroatoms. The van der Waals surface area contributed by atoms with Crippen molar-refractivity contribution in [3.63, 3.8) is 0 Å². The first-order valence-corrected chi connectivity index (χ1v) is 3.79. The van der Waals surface area contributed by atoms with E-state index < -0.39 is 5.91 Å². The van der Waals surface area contributed by atoms with Gasteiger partial charge in [0.2, 0.25) is 0 Å². The first-order chi connectivity index (χ1) is 4.70. The molecule has 0 bridgehead atoms. The van der Waals surface area contributed by atoms with Gasteiger partial charge in [0.05, 0.1) is 0 Å². The molecule has 1 aromatic rings. The number of rotatable bonds is 1. The highest BCUT2D eigenvalue weighted by atomic mass is 127. The van der Waals surface area contributed by atoms with Crippen LogP contribution in [0.4, 0.5) is 0 Å². The molecule has 1 rings (SSSR count). The average molecular weight is 246 g/mol. The van der Waals surface area contributed by atoms with Crippen molar-refractivity contribution >= 4 is 28.5 Å². The van der Waals surface area contributed by atoms with Gasteiger partial charge in [0.15, 0.2) is 0 Å². The Morgan fingerprint density at radius 3 is 2.20 bits per heavy atom. The summed E-state index contributed by atoms with van der Waals surface area (Å²) in [4.78, 5) is 10.4. The maximum atomic E-state index is 10.4. The summed E-state index contributed by atoms with van der Waals surface area (Å²) in [5, 5.41) is 0. The zero-order chi connectivity index (χ0) is 7.56. The largest absolute Gasteiger partial charge is 0.269 e. The Kier molecular flexibility index (Phi) is 2.26. The minimum Gasteiger partial charge on any atom is -0.267 e. The van der Waals surface area contributed by atoms with Crippen LogP contribution in [0, 0.1) is 3.57 Å². The highest BCUT2D eigenvalue weighted by molar-refractivity contribution is 14.1. The SMILES string of the molecule is [NH]C(=O)c1ccc(I)cc1. The second kappa shape index (κ2) is 3.01. The number of hydrogen-bond donors (Lipinski definition) is 0. The van der Waals surface area contributed by atoms with Gasteiger partial charge in [0, 0.05) is 9.13 Å². The summed E-state index contributed by atoms with van der Waals surface area (Å²) >= 11 is 2.15. The zero-order valence-electron chi connectivity index (χ0n) is 5.10. The second-order valence-electron chi connectivity index (χ2n) is 1.84. The average Bonchev–Trinajstić information content (AvgIpc) is 1.88. The third kappa shape index (κ3) is 1.70. The van der Waals surface area contributed by atoms with Gasteiger partial charge in [-0.25, -0.2) is 0 Å². The third-order valence-corrected chi connectivity index (χ3v) is 1.83. The van der Waals surface area contributed by atoms with Crippen molar-refractivity contribution in [2.75, 3.05) is 0 Å². The lowest BCUT2D eigenvalue weighted by Gasteiger charge is -1.91. The van der Waals surface area contributed by atoms with Crippen molar-refractivity contribution in [2.45, 2.75) is 0 Å². The van der Waals surface area contributed by atoms with Gasteiger partial charge < -0.3 is 0 Å². The van der Waals surface area contributed by atoms with E-state index in [0.717, 1.165) is 3.57 Å². The first-order valence-electron chi connectivity index (χ1n) is 2.71. The molecule has 0 fully saturated rings. The standard InChI is InChI=1S/C7H5INO/c8-6-3-1-5(2-4-6)7(9)10/h1-4,9H. The minimum absolute atomic E-state index is 0.445. The first kappa shape index (κ1) is 7.53. The summed E-state index contributed by atoms with van der Waals surface area (Å²) < 4.78 is 1.07. The van der Waals surface area contributed by atoms with Crippen molar-refractivity contribution < 1.29 is 4.79 Å². The van der Waals surface area contributed by atoms with Crippen LogP contribution in [0.15, 0.2) is 24.3 Å². The molecule has 0 aliphatic heterocycles. The Labute approximate surface area is 72.6 Å². The fourth-order valence-electron chi connectivity index (χ4n) is 0.601. The molecule has 0 unspecified atom stereocenters. The molecule has 1 N–H and O–H groups in total. The monoisotopic (exact) mass is 246 g/mol. The minimum atomic E-state index is -0.628. The highest BCUT2D eigenvalue weighted by Crippen LogP contribution is 2.05. The van der Waals surface area contributed by atoms with Crippen molar-refractivity contribution in [2.24, 2.45) is 0 Å². The van der Waals surface area contributed by atoms with E-state index in [4.69, 9.17) is 5.73 Å². The number of nitrogens with one attached hydrogen (secondary N) is 1. The van der Waals surface area contributed by atoms with E-state index in [1.54, 1.807) is 12.1 Å². The maximum Gasteiger partial charge on any atom is 0.269 e. The number of carbonyl (C=O) groups excluding carboxylic acids is 1. The van der Waals surface area contributed by atoms with Crippen molar-refractivity contribution in [1.29, 1.82) is 0 Å². The Morgan fingerprint density at radius 2 is 1.80 bits per heavy atom. The summed E-state index contributed by atoms with van der Waals surface area (Å²) in [7, 11) is 0. The lowest BCUT2D eigenvalue weighted by molar-refractivity contribution is 0.0992. The Bertz CT molecular complexity index is 242. The normalized spacial score (nSPS) is 9.30. The van der Waals surface area contributed by atoms with Crippen LogP contribution in [0.1, 0.15) is 10.4 Å². The number of amides is 1. The van der Waals surface area contributed by atoms with E-state index >= 15 is 0 Å². The van der Waals surface area contributed by atoms with Crippen LogP contribution < -0.4 is 5.73 Å². The molecule has 0 atom stereocenters. The quantitative estimate of drug-likeness (QED) is 0.695. The summed E-state index contributed by atoms with van der Waals surface area (Å²) in [6.07, 6.45) is 0. The van der Waals surface area contributed by atoms with Gasteiger partial charge in [0.25, 0.3) is 5.91 Å². The number of carbonyl (C=O) groups is 1. The molecule has 1 aromatic carbocycles. The van der Waals surface area contributed by atoms with Crippen LogP contribution >= 0.6 is 22.6 Å². The van der Waals surface area contributed by atoms with Crippen molar-refractivity contribution in [3.05, 3.63) is 33.4 Å². The van der Waals surface area contributed by atoms with Gasteiger partial charge in [-0.15, -0.1) is 0 Å². The predicted molar refractivity (Wildman–Crippen MR) is 46.6 cm³/mol. The van der Waals surface area contributed by atoms with Gasteiger partial charge in [-0.05, 0) is 46.9 Å². The van der Waals surface area contributed by atoms with Crippen LogP contribution in [-0.4, -0.2) is 5.91 Å². The van der Waals surface area contributed by atoms with Gasteiger partial charge >= 0.3 is 0 Å². The third-order valence-electron chi connectivity index (χ3n) is 1.11. The molecule has 0 aliphatic rings. The van der Waals surface area contributed by atoms with E-state index in [9.17, 15) is 4.79 Å². The van der Waals surface area contributed by atoms with Crippen LogP contribution in [-0.2, 0) is 0 Å². The summed E-state index contributed by atoms with van der Waals surface area (Å²) in [5.74, 6) is -0.628. The van der Waals surface area contributed by atoms with Gasteiger partial charge in [-0.3, -0.25) is 10.5 Å². The van der Waals surface area contributed by atoms with Crippen molar-refractivity contribution in [3.8, 4) is 0 Å². The van der Waals surface area contributed by atoms with Crippen LogP contribution in [0.3, 0.4) is 0 Å². The second-order valence-corrected chi connectivity index (χ2v) is 3.08. The molecule has 1 amide bonds. The van der Waals surface area contributed by atoms with E-state index in [-0.39, 0.29) is 0 Å². The van der Waals surface area contributed by atoms with Crippen LogP contribution in [0.2, 0.25) is 0 Å². The topological polar surface area (TPSA) is 40.9 Å². The number of benzene rings is 1. The molecule has 10 heavy (non-hydrogen) atoms. The predicted octanol–water partition coefficient (Wildman–Crippen LogP) is 1.71. The summed E-state index contributed by atoms with van der Waals surface area (Å²) in [5.41, 5.74) is 7.19. The molecular weight excluding hydrogens is 241 g/mol. The number of hydrogen-bond acceptors (Lipinski definition) is 1. The van der Waals surface area contributed by atoms with Crippen LogP contribution in [0.5, 0.6) is 0 Å². The van der Waals surface area contributed by atoms with E-state index in [0.29, 0.717) is 5.56 Å². The zero-order valence-corrected chi connectivity index (χ0v) is 7.25. The lowest BCUT2D eigenvalue weighted by Crippen LogP contribution is -1.97. The fourth-order valence-corrected chi connectivity index (χ4v) is 0.961. The van der Waals surface area contributed by atoms with Crippen LogP contribution in [0.25, 0.3) is 0 Å². The Hall–Kier alpha value is -0.580. The van der Waals surface area contributed by atoms with Gasteiger partial charge in [-0.1, -0.05) is 0 Å². The molecule has 0 saturated heterocycles.